The summed E-state index contributed by atoms with van der Waals surface area (Å²) in [6.07, 6.45) is 4.40. The van der Waals surface area contributed by atoms with Gasteiger partial charge in [0.05, 0.1) is 19.9 Å². The summed E-state index contributed by atoms with van der Waals surface area (Å²) in [5, 5.41) is 4.02. The molecule has 0 radical (unpaired) electrons. The fourth-order valence-electron chi connectivity index (χ4n) is 3.14. The predicted molar refractivity (Wildman–Crippen MR) is 119 cm³/mol. The van der Waals surface area contributed by atoms with E-state index in [1.54, 1.807) is 14.2 Å². The van der Waals surface area contributed by atoms with Crippen molar-refractivity contribution in [2.24, 2.45) is 0 Å². The minimum absolute atomic E-state index is 0.714. The number of nitrogens with one attached hydrogen (secondary N) is 1. The highest BCUT2D eigenvalue weighted by Gasteiger charge is 2.19. The van der Waals surface area contributed by atoms with Crippen LogP contribution in [0.2, 0.25) is 0 Å². The molecule has 1 heterocycles. The van der Waals surface area contributed by atoms with Gasteiger partial charge in [-0.15, -0.1) is 0 Å². The van der Waals surface area contributed by atoms with Crippen molar-refractivity contribution in [3.8, 4) is 11.5 Å². The fourth-order valence-corrected chi connectivity index (χ4v) is 3.43. The van der Waals surface area contributed by atoms with Crippen LogP contribution in [0.5, 0.6) is 11.5 Å². The summed E-state index contributed by atoms with van der Waals surface area (Å²) in [6.45, 7) is 4.72. The molecule has 0 aliphatic carbocycles. The molecule has 5 nitrogen and oxygen atoms in total. The van der Waals surface area contributed by atoms with Gasteiger partial charge >= 0.3 is 0 Å². The Morgan fingerprint density at radius 2 is 1.79 bits per heavy atom. The highest BCUT2D eigenvalue weighted by atomic mass is 32.1. The monoisotopic (exact) mass is 397 g/mol. The van der Waals surface area contributed by atoms with E-state index in [0.717, 1.165) is 49.9 Å². The molecule has 1 aliphatic heterocycles. The van der Waals surface area contributed by atoms with E-state index in [1.807, 2.05) is 24.3 Å². The molecule has 0 bridgehead atoms. The SMILES string of the molecule is COc1ccc(OC)c(NC(=S)N2CCN(C/C=C\c3ccccc3)CC2)c1. The number of piperazine rings is 1. The Labute approximate surface area is 172 Å². The minimum atomic E-state index is 0.714. The first kappa shape index (κ1) is 20.2. The third-order valence-electron chi connectivity index (χ3n) is 4.78. The minimum Gasteiger partial charge on any atom is -0.497 e. The smallest absolute Gasteiger partial charge is 0.173 e. The largest absolute Gasteiger partial charge is 0.497 e. The molecule has 0 atom stereocenters. The summed E-state index contributed by atoms with van der Waals surface area (Å²) >= 11 is 5.62. The van der Waals surface area contributed by atoms with Crippen LogP contribution in [-0.4, -0.2) is 61.9 Å². The van der Waals surface area contributed by atoms with Crippen LogP contribution in [0.25, 0.3) is 6.08 Å². The van der Waals surface area contributed by atoms with Gasteiger partial charge in [-0.1, -0.05) is 42.5 Å². The van der Waals surface area contributed by atoms with Gasteiger partial charge in [-0.25, -0.2) is 0 Å². The normalized spacial score (nSPS) is 14.9. The van der Waals surface area contributed by atoms with Crippen molar-refractivity contribution in [2.75, 3.05) is 52.3 Å². The highest BCUT2D eigenvalue weighted by Crippen LogP contribution is 2.29. The van der Waals surface area contributed by atoms with Crippen LogP contribution in [0.4, 0.5) is 5.69 Å². The van der Waals surface area contributed by atoms with Crippen molar-refractivity contribution >= 4 is 29.1 Å². The Hall–Kier alpha value is -2.57. The summed E-state index contributed by atoms with van der Waals surface area (Å²) < 4.78 is 10.7. The lowest BCUT2D eigenvalue weighted by molar-refractivity contribution is 0.199. The predicted octanol–water partition coefficient (Wildman–Crippen LogP) is 3.73. The van der Waals surface area contributed by atoms with E-state index in [1.165, 1.54) is 5.56 Å². The number of thiocarbonyl (C=S) groups is 1. The zero-order valence-electron chi connectivity index (χ0n) is 16.4. The van der Waals surface area contributed by atoms with Crippen molar-refractivity contribution in [3.63, 3.8) is 0 Å². The lowest BCUT2D eigenvalue weighted by Gasteiger charge is -2.35. The van der Waals surface area contributed by atoms with Gasteiger partial charge in [0.15, 0.2) is 5.11 Å². The molecule has 28 heavy (non-hydrogen) atoms. The van der Waals surface area contributed by atoms with Crippen LogP contribution in [0.15, 0.2) is 54.6 Å². The van der Waals surface area contributed by atoms with Gasteiger partial charge in [0.1, 0.15) is 11.5 Å². The zero-order chi connectivity index (χ0) is 19.8. The van der Waals surface area contributed by atoms with E-state index in [9.17, 15) is 0 Å². The summed E-state index contributed by atoms with van der Waals surface area (Å²) in [4.78, 5) is 4.64. The van der Waals surface area contributed by atoms with E-state index in [0.29, 0.717) is 5.11 Å². The lowest BCUT2D eigenvalue weighted by atomic mass is 10.2. The first-order valence-electron chi connectivity index (χ1n) is 9.41. The van der Waals surface area contributed by atoms with Crippen LogP contribution < -0.4 is 14.8 Å². The number of hydrogen-bond acceptors (Lipinski definition) is 4. The van der Waals surface area contributed by atoms with Crippen molar-refractivity contribution in [3.05, 3.63) is 60.2 Å². The van der Waals surface area contributed by atoms with Crippen molar-refractivity contribution in [1.29, 1.82) is 0 Å². The van der Waals surface area contributed by atoms with Gasteiger partial charge in [0.2, 0.25) is 0 Å². The molecule has 1 N–H and O–H groups in total. The van der Waals surface area contributed by atoms with Crippen LogP contribution in [0.1, 0.15) is 5.56 Å². The third kappa shape index (κ3) is 5.47. The van der Waals surface area contributed by atoms with Crippen LogP contribution in [-0.2, 0) is 0 Å². The van der Waals surface area contributed by atoms with Gasteiger partial charge < -0.3 is 19.7 Å². The molecule has 1 fully saturated rings. The molecule has 0 spiro atoms. The lowest BCUT2D eigenvalue weighted by Crippen LogP contribution is -2.49. The molecule has 1 saturated heterocycles. The Kier molecular flexibility index (Phi) is 7.28. The van der Waals surface area contributed by atoms with Gasteiger partial charge in [-0.05, 0) is 29.9 Å². The molecule has 6 heteroatoms. The average Bonchev–Trinajstić information content (AvgIpc) is 2.75. The molecular formula is C22H27N3O2S. The number of ether oxygens (including phenoxy) is 2. The standard InChI is InChI=1S/C22H27N3O2S/c1-26-19-10-11-21(27-2)20(17-19)23-22(28)25-15-13-24(14-16-25)12-6-9-18-7-4-3-5-8-18/h3-11,17H,12-16H2,1-2H3,(H,23,28)/b9-6-. The van der Waals surface area contributed by atoms with Crippen LogP contribution in [0.3, 0.4) is 0 Å². The number of rotatable bonds is 6. The molecule has 148 valence electrons. The third-order valence-corrected chi connectivity index (χ3v) is 5.14. The summed E-state index contributed by atoms with van der Waals surface area (Å²) in [6, 6.07) is 16.0. The van der Waals surface area contributed by atoms with E-state index in [2.05, 4.69) is 51.5 Å². The first-order chi connectivity index (χ1) is 13.7. The van der Waals surface area contributed by atoms with E-state index in [4.69, 9.17) is 21.7 Å². The second kappa shape index (κ2) is 10.1. The van der Waals surface area contributed by atoms with Crippen molar-refractivity contribution in [2.45, 2.75) is 0 Å². The number of methoxy groups -OCH3 is 2. The molecule has 0 unspecified atom stereocenters. The topological polar surface area (TPSA) is 37.0 Å². The first-order valence-corrected chi connectivity index (χ1v) is 9.82. The Bertz CT molecular complexity index is 803. The molecule has 1 aliphatic rings. The van der Waals surface area contributed by atoms with E-state index < -0.39 is 0 Å². The number of hydrogen-bond donors (Lipinski definition) is 1. The summed E-state index contributed by atoms with van der Waals surface area (Å²) in [5.41, 5.74) is 2.05. The van der Waals surface area contributed by atoms with Crippen molar-refractivity contribution < 1.29 is 9.47 Å². The zero-order valence-corrected chi connectivity index (χ0v) is 17.2. The van der Waals surface area contributed by atoms with Gasteiger partial charge in [0, 0.05) is 38.8 Å². The molecular weight excluding hydrogens is 370 g/mol. The molecule has 2 aromatic carbocycles. The van der Waals surface area contributed by atoms with Crippen LogP contribution >= 0.6 is 12.2 Å². The van der Waals surface area contributed by atoms with E-state index >= 15 is 0 Å². The Morgan fingerprint density at radius 1 is 1.04 bits per heavy atom. The van der Waals surface area contributed by atoms with Gasteiger partial charge in [0.25, 0.3) is 0 Å². The summed E-state index contributed by atoms with van der Waals surface area (Å²) in [5.74, 6) is 1.51. The maximum Gasteiger partial charge on any atom is 0.173 e. The fraction of sp³-hybridized carbons (Fsp3) is 0.318. The van der Waals surface area contributed by atoms with Crippen molar-refractivity contribution in [1.82, 2.24) is 9.80 Å². The summed E-state index contributed by atoms with van der Waals surface area (Å²) in [7, 11) is 3.30. The van der Waals surface area contributed by atoms with Crippen LogP contribution in [0, 0.1) is 0 Å². The number of anilines is 1. The second-order valence-corrected chi connectivity index (χ2v) is 6.98. The quantitative estimate of drug-likeness (QED) is 0.749. The van der Waals surface area contributed by atoms with Gasteiger partial charge in [-0.2, -0.15) is 0 Å². The molecule has 0 aromatic heterocycles. The molecule has 2 aromatic rings. The maximum absolute atomic E-state index is 5.62. The Balaban J connectivity index is 1.49. The van der Waals surface area contributed by atoms with E-state index in [-0.39, 0.29) is 0 Å². The Morgan fingerprint density at radius 3 is 2.46 bits per heavy atom. The molecule has 0 saturated carbocycles. The highest BCUT2D eigenvalue weighted by molar-refractivity contribution is 7.80. The average molecular weight is 398 g/mol. The number of benzene rings is 2. The molecule has 0 amide bonds. The number of nitrogens with zero attached hydrogens (tertiary/aromatic N) is 2. The maximum atomic E-state index is 5.62. The van der Waals surface area contributed by atoms with Gasteiger partial charge in [-0.3, -0.25) is 4.90 Å². The second-order valence-electron chi connectivity index (χ2n) is 6.60. The molecule has 3 rings (SSSR count).